The fourth-order valence-electron chi connectivity index (χ4n) is 3.76. The maximum atomic E-state index is 12.9. The van der Waals surface area contributed by atoms with Crippen molar-refractivity contribution in [2.24, 2.45) is 11.8 Å². The Morgan fingerprint density at radius 2 is 1.62 bits per heavy atom. The van der Waals surface area contributed by atoms with Crippen LogP contribution in [-0.2, 0) is 6.42 Å². The summed E-state index contributed by atoms with van der Waals surface area (Å²) in [7, 11) is 0. The smallest absolute Gasteiger partial charge is 0.318 e. The number of nitrogens with one attached hydrogen (secondary N) is 1. The zero-order chi connectivity index (χ0) is 20.8. The number of benzene rings is 1. The molecule has 1 aromatic carbocycles. The molecule has 6 heteroatoms. The van der Waals surface area contributed by atoms with E-state index in [2.05, 4.69) is 72.1 Å². The molecule has 29 heavy (non-hydrogen) atoms. The molecule has 0 bridgehead atoms. The van der Waals surface area contributed by atoms with E-state index in [1.807, 2.05) is 11.0 Å². The van der Waals surface area contributed by atoms with Gasteiger partial charge in [0.15, 0.2) is 0 Å². The van der Waals surface area contributed by atoms with Crippen molar-refractivity contribution >= 4 is 12.0 Å². The first kappa shape index (κ1) is 21.1. The predicted molar refractivity (Wildman–Crippen MR) is 117 cm³/mol. The number of hydrogen-bond donors (Lipinski definition) is 1. The number of amides is 2. The van der Waals surface area contributed by atoms with Gasteiger partial charge in [0.2, 0.25) is 5.95 Å². The Hall–Kier alpha value is -2.63. The number of nitrogens with zero attached hydrogens (tertiary/aromatic N) is 4. The molecule has 2 heterocycles. The lowest BCUT2D eigenvalue weighted by molar-refractivity contribution is 0.186. The first-order chi connectivity index (χ1) is 13.9. The highest BCUT2D eigenvalue weighted by molar-refractivity contribution is 5.75. The molecule has 1 unspecified atom stereocenters. The Labute approximate surface area is 174 Å². The van der Waals surface area contributed by atoms with Gasteiger partial charge in [-0.25, -0.2) is 14.8 Å². The van der Waals surface area contributed by atoms with Crippen LogP contribution in [-0.4, -0.2) is 47.1 Å². The van der Waals surface area contributed by atoms with Crippen LogP contribution < -0.4 is 10.2 Å². The van der Waals surface area contributed by atoms with E-state index >= 15 is 0 Å². The molecular formula is C23H33N5O. The summed E-state index contributed by atoms with van der Waals surface area (Å²) in [6.45, 7) is 11.6. The van der Waals surface area contributed by atoms with Crippen LogP contribution in [0.5, 0.6) is 0 Å². The molecule has 1 aliphatic heterocycles. The van der Waals surface area contributed by atoms with E-state index in [-0.39, 0.29) is 12.1 Å². The van der Waals surface area contributed by atoms with Gasteiger partial charge in [0.05, 0.1) is 6.04 Å². The second kappa shape index (κ2) is 9.72. The van der Waals surface area contributed by atoms with Gasteiger partial charge in [0.25, 0.3) is 0 Å². The highest BCUT2D eigenvalue weighted by atomic mass is 16.2. The average molecular weight is 396 g/mol. The van der Waals surface area contributed by atoms with E-state index in [0.29, 0.717) is 24.9 Å². The predicted octanol–water partition coefficient (Wildman–Crippen LogP) is 3.90. The van der Waals surface area contributed by atoms with Crippen LogP contribution in [0.25, 0.3) is 0 Å². The molecule has 1 atom stereocenters. The average Bonchev–Trinajstić information content (AvgIpc) is 2.73. The minimum atomic E-state index is 0.00332. The summed E-state index contributed by atoms with van der Waals surface area (Å²) in [5.74, 6) is 1.68. The van der Waals surface area contributed by atoms with Gasteiger partial charge in [-0.1, -0.05) is 52.0 Å². The third-order valence-corrected chi connectivity index (χ3v) is 5.33. The van der Waals surface area contributed by atoms with E-state index in [0.717, 1.165) is 31.0 Å². The monoisotopic (exact) mass is 395 g/mol. The highest BCUT2D eigenvalue weighted by Crippen LogP contribution is 2.23. The molecule has 2 aromatic rings. The molecule has 1 saturated heterocycles. The molecule has 1 aromatic heterocycles. The number of rotatable bonds is 6. The lowest BCUT2D eigenvalue weighted by atomic mass is 9.94. The normalized spacial score (nSPS) is 15.7. The van der Waals surface area contributed by atoms with Crippen molar-refractivity contribution in [1.29, 1.82) is 0 Å². The minimum absolute atomic E-state index is 0.00332. The fraction of sp³-hybridized carbons (Fsp3) is 0.522. The number of aromatic nitrogens is 2. The Kier molecular flexibility index (Phi) is 7.07. The van der Waals surface area contributed by atoms with Gasteiger partial charge in [0, 0.05) is 38.6 Å². The summed E-state index contributed by atoms with van der Waals surface area (Å²) in [5.41, 5.74) is 2.51. The molecule has 1 aliphatic rings. The van der Waals surface area contributed by atoms with Crippen molar-refractivity contribution in [3.63, 3.8) is 0 Å². The van der Waals surface area contributed by atoms with Gasteiger partial charge < -0.3 is 15.1 Å². The number of hydrogen-bond acceptors (Lipinski definition) is 4. The third kappa shape index (κ3) is 5.68. The molecule has 0 radical (unpaired) electrons. The molecule has 1 N–H and O–H groups in total. The molecule has 156 valence electrons. The second-order valence-corrected chi connectivity index (χ2v) is 8.53. The maximum absolute atomic E-state index is 12.9. The summed E-state index contributed by atoms with van der Waals surface area (Å²) in [6, 6.07) is 10.5. The second-order valence-electron chi connectivity index (χ2n) is 8.53. The molecule has 2 amide bonds. The van der Waals surface area contributed by atoms with Crippen molar-refractivity contribution in [3.8, 4) is 0 Å². The number of urea groups is 1. The zero-order valence-electron chi connectivity index (χ0n) is 18.0. The highest BCUT2D eigenvalue weighted by Gasteiger charge is 2.25. The van der Waals surface area contributed by atoms with Crippen molar-refractivity contribution < 1.29 is 4.79 Å². The van der Waals surface area contributed by atoms with E-state index in [1.165, 1.54) is 5.56 Å². The SMILES string of the molecule is CC(C)Cc1ccc(C(NC(=O)N2CCN(c3ncccn3)CC2)C(C)C)cc1. The topological polar surface area (TPSA) is 61.4 Å². The van der Waals surface area contributed by atoms with Crippen LogP contribution >= 0.6 is 0 Å². The molecule has 0 spiro atoms. The van der Waals surface area contributed by atoms with Gasteiger partial charge in [-0.2, -0.15) is 0 Å². The van der Waals surface area contributed by atoms with Crippen molar-refractivity contribution in [2.45, 2.75) is 40.2 Å². The fourth-order valence-corrected chi connectivity index (χ4v) is 3.76. The molecule has 6 nitrogen and oxygen atoms in total. The molecule has 3 rings (SSSR count). The number of piperazine rings is 1. The van der Waals surface area contributed by atoms with Crippen molar-refractivity contribution in [1.82, 2.24) is 20.2 Å². The van der Waals surface area contributed by atoms with Gasteiger partial charge in [-0.05, 0) is 35.4 Å². The Bertz CT molecular complexity index is 768. The van der Waals surface area contributed by atoms with Crippen LogP contribution in [0.1, 0.15) is 44.9 Å². The van der Waals surface area contributed by atoms with Crippen molar-refractivity contribution in [2.75, 3.05) is 31.1 Å². The van der Waals surface area contributed by atoms with Crippen LogP contribution in [0.2, 0.25) is 0 Å². The van der Waals surface area contributed by atoms with Crippen molar-refractivity contribution in [3.05, 3.63) is 53.9 Å². The van der Waals surface area contributed by atoms with E-state index < -0.39 is 0 Å². The third-order valence-electron chi connectivity index (χ3n) is 5.33. The molecule has 0 saturated carbocycles. The van der Waals surface area contributed by atoms with E-state index in [9.17, 15) is 4.79 Å². The minimum Gasteiger partial charge on any atom is -0.337 e. The largest absolute Gasteiger partial charge is 0.337 e. The molecule has 0 aliphatic carbocycles. The number of carbonyl (C=O) groups excluding carboxylic acids is 1. The molecular weight excluding hydrogens is 362 g/mol. The Balaban J connectivity index is 1.59. The van der Waals surface area contributed by atoms with Gasteiger partial charge in [-0.3, -0.25) is 0 Å². The zero-order valence-corrected chi connectivity index (χ0v) is 18.0. The first-order valence-corrected chi connectivity index (χ1v) is 10.6. The summed E-state index contributed by atoms with van der Waals surface area (Å²) in [4.78, 5) is 25.5. The van der Waals surface area contributed by atoms with E-state index in [1.54, 1.807) is 12.4 Å². The quantitative estimate of drug-likeness (QED) is 0.806. The van der Waals surface area contributed by atoms with E-state index in [4.69, 9.17) is 0 Å². The van der Waals surface area contributed by atoms with Gasteiger partial charge in [-0.15, -0.1) is 0 Å². The van der Waals surface area contributed by atoms with Crippen LogP contribution in [0.3, 0.4) is 0 Å². The maximum Gasteiger partial charge on any atom is 0.318 e. The molecule has 1 fully saturated rings. The van der Waals surface area contributed by atoms with Crippen LogP contribution in [0, 0.1) is 11.8 Å². The van der Waals surface area contributed by atoms with Crippen LogP contribution in [0.15, 0.2) is 42.7 Å². The lowest BCUT2D eigenvalue weighted by Gasteiger charge is -2.36. The standard InChI is InChI=1S/C23H33N5O/c1-17(2)16-19-6-8-20(9-7-19)21(18(3)4)26-23(29)28-14-12-27(13-15-28)22-24-10-5-11-25-22/h5-11,17-18,21H,12-16H2,1-4H3,(H,26,29). The Morgan fingerprint density at radius 3 is 2.17 bits per heavy atom. The van der Waals surface area contributed by atoms with Crippen LogP contribution in [0.4, 0.5) is 10.7 Å². The lowest BCUT2D eigenvalue weighted by Crippen LogP contribution is -2.53. The Morgan fingerprint density at radius 1 is 1.00 bits per heavy atom. The van der Waals surface area contributed by atoms with Gasteiger partial charge in [0.1, 0.15) is 0 Å². The van der Waals surface area contributed by atoms with Gasteiger partial charge >= 0.3 is 6.03 Å². The summed E-state index contributed by atoms with van der Waals surface area (Å²) < 4.78 is 0. The summed E-state index contributed by atoms with van der Waals surface area (Å²) >= 11 is 0. The number of anilines is 1. The summed E-state index contributed by atoms with van der Waals surface area (Å²) in [5, 5.41) is 3.25. The first-order valence-electron chi connectivity index (χ1n) is 10.6. The summed E-state index contributed by atoms with van der Waals surface area (Å²) in [6.07, 6.45) is 4.58. The number of carbonyl (C=O) groups is 1.